The van der Waals surface area contributed by atoms with Crippen LogP contribution < -0.4 is 0 Å². The van der Waals surface area contributed by atoms with Crippen LogP contribution in [0.15, 0.2) is 4.60 Å². The molecule has 2 aliphatic rings. The summed E-state index contributed by atoms with van der Waals surface area (Å²) in [4.78, 5) is 0. The fraction of sp³-hybridized carbons (Fsp3) is 0.727. The first-order chi connectivity index (χ1) is 7.36. The van der Waals surface area contributed by atoms with E-state index in [9.17, 15) is 0 Å². The second-order valence-corrected chi connectivity index (χ2v) is 5.20. The largest absolute Gasteiger partial charge is 0.370 e. The molecule has 1 saturated carbocycles. The fourth-order valence-electron chi connectivity index (χ4n) is 2.65. The summed E-state index contributed by atoms with van der Waals surface area (Å²) in [7, 11) is 0. The van der Waals surface area contributed by atoms with Crippen LogP contribution in [-0.2, 0) is 18.0 Å². The number of nitrogens with zero attached hydrogens (tertiary/aromatic N) is 2. The molecule has 1 aliphatic carbocycles. The van der Waals surface area contributed by atoms with Crippen LogP contribution in [0, 0.1) is 0 Å². The van der Waals surface area contributed by atoms with Crippen LogP contribution in [0.1, 0.15) is 49.4 Å². The Bertz CT molecular complexity index is 369. The van der Waals surface area contributed by atoms with Crippen molar-refractivity contribution in [2.24, 2.45) is 0 Å². The van der Waals surface area contributed by atoms with E-state index in [1.807, 2.05) is 0 Å². The normalized spacial score (nSPS) is 21.9. The van der Waals surface area contributed by atoms with Gasteiger partial charge in [0.2, 0.25) is 0 Å². The number of rotatable bonds is 1. The monoisotopic (exact) mass is 270 g/mol. The molecule has 0 atom stereocenters. The van der Waals surface area contributed by atoms with E-state index in [-0.39, 0.29) is 0 Å². The van der Waals surface area contributed by atoms with Gasteiger partial charge in [-0.15, -0.1) is 0 Å². The minimum Gasteiger partial charge on any atom is -0.370 e. The first-order valence-electron chi connectivity index (χ1n) is 5.70. The molecule has 3 nitrogen and oxygen atoms in total. The predicted octanol–water partition coefficient (Wildman–Crippen LogP) is 3.18. The lowest BCUT2D eigenvalue weighted by Gasteiger charge is -2.23. The molecule has 4 heteroatoms. The van der Waals surface area contributed by atoms with Crippen LogP contribution in [0.5, 0.6) is 0 Å². The molecule has 0 unspecified atom stereocenters. The smallest absolute Gasteiger partial charge is 0.134 e. The number of hydrogen-bond acceptors (Lipinski definition) is 2. The van der Waals surface area contributed by atoms with E-state index in [1.54, 1.807) is 0 Å². The Morgan fingerprint density at radius 3 is 2.80 bits per heavy atom. The number of halogens is 1. The lowest BCUT2D eigenvalue weighted by molar-refractivity contribution is 0.126. The SMILES string of the molecule is Brc1nn(C2CCCCC2)c2c1COC2. The Hall–Kier alpha value is -0.350. The molecule has 0 N–H and O–H groups in total. The third kappa shape index (κ3) is 1.64. The summed E-state index contributed by atoms with van der Waals surface area (Å²) < 4.78 is 8.68. The molecule has 3 rings (SSSR count). The highest BCUT2D eigenvalue weighted by atomic mass is 79.9. The second-order valence-electron chi connectivity index (χ2n) is 4.45. The van der Waals surface area contributed by atoms with Crippen LogP contribution in [0.4, 0.5) is 0 Å². The number of fused-ring (bicyclic) bond motifs is 1. The third-order valence-corrected chi connectivity index (χ3v) is 4.11. The molecule has 1 fully saturated rings. The van der Waals surface area contributed by atoms with Crippen molar-refractivity contribution >= 4 is 15.9 Å². The first kappa shape index (κ1) is 9.85. The Labute approximate surface area is 97.9 Å². The Balaban J connectivity index is 1.93. The van der Waals surface area contributed by atoms with E-state index in [1.165, 1.54) is 43.4 Å². The van der Waals surface area contributed by atoms with Gasteiger partial charge in [-0.3, -0.25) is 4.68 Å². The standard InChI is InChI=1S/C11H15BrN2O/c12-11-9-6-15-7-10(9)14(13-11)8-4-2-1-3-5-8/h8H,1-7H2. The lowest BCUT2D eigenvalue weighted by atomic mass is 9.95. The van der Waals surface area contributed by atoms with E-state index in [2.05, 4.69) is 25.7 Å². The quantitative estimate of drug-likeness (QED) is 0.784. The number of aromatic nitrogens is 2. The predicted molar refractivity (Wildman–Crippen MR) is 60.5 cm³/mol. The maximum atomic E-state index is 5.48. The molecule has 0 bridgehead atoms. The molecule has 0 spiro atoms. The van der Waals surface area contributed by atoms with Gasteiger partial charge >= 0.3 is 0 Å². The highest BCUT2D eigenvalue weighted by Crippen LogP contribution is 2.34. The zero-order valence-electron chi connectivity index (χ0n) is 8.71. The van der Waals surface area contributed by atoms with Gasteiger partial charge in [0.1, 0.15) is 4.60 Å². The molecule has 2 heterocycles. The van der Waals surface area contributed by atoms with Gasteiger partial charge < -0.3 is 4.74 Å². The van der Waals surface area contributed by atoms with Gasteiger partial charge in [-0.2, -0.15) is 5.10 Å². The van der Waals surface area contributed by atoms with Crippen LogP contribution in [0.25, 0.3) is 0 Å². The van der Waals surface area contributed by atoms with E-state index in [4.69, 9.17) is 4.74 Å². The summed E-state index contributed by atoms with van der Waals surface area (Å²) in [6.07, 6.45) is 6.63. The zero-order chi connectivity index (χ0) is 10.3. The summed E-state index contributed by atoms with van der Waals surface area (Å²) in [5, 5.41) is 4.61. The van der Waals surface area contributed by atoms with Gasteiger partial charge in [0.25, 0.3) is 0 Å². The van der Waals surface area contributed by atoms with E-state index in [0.29, 0.717) is 6.04 Å². The maximum absolute atomic E-state index is 5.48. The van der Waals surface area contributed by atoms with Crippen molar-refractivity contribution in [1.29, 1.82) is 0 Å². The van der Waals surface area contributed by atoms with Crippen LogP contribution in [0.3, 0.4) is 0 Å². The summed E-state index contributed by atoms with van der Waals surface area (Å²) >= 11 is 3.52. The van der Waals surface area contributed by atoms with Gasteiger partial charge in [0.05, 0.1) is 24.9 Å². The zero-order valence-corrected chi connectivity index (χ0v) is 10.3. The highest BCUT2D eigenvalue weighted by Gasteiger charge is 2.26. The first-order valence-corrected chi connectivity index (χ1v) is 6.49. The molecule has 0 aromatic carbocycles. The van der Waals surface area contributed by atoms with Crippen LogP contribution >= 0.6 is 15.9 Å². The molecule has 0 saturated heterocycles. The van der Waals surface area contributed by atoms with E-state index in [0.717, 1.165) is 17.8 Å². The van der Waals surface area contributed by atoms with Gasteiger partial charge in [0.15, 0.2) is 0 Å². The third-order valence-electron chi connectivity index (χ3n) is 3.48. The van der Waals surface area contributed by atoms with Gasteiger partial charge in [-0.05, 0) is 28.8 Å². The summed E-state index contributed by atoms with van der Waals surface area (Å²) in [6.45, 7) is 1.47. The molecule has 82 valence electrons. The fourth-order valence-corrected chi connectivity index (χ4v) is 3.16. The van der Waals surface area contributed by atoms with Crippen LogP contribution in [-0.4, -0.2) is 9.78 Å². The maximum Gasteiger partial charge on any atom is 0.134 e. The molecule has 1 aromatic rings. The molecule has 0 amide bonds. The molecular formula is C11H15BrN2O. The summed E-state index contributed by atoms with van der Waals surface area (Å²) in [5.74, 6) is 0. The van der Waals surface area contributed by atoms with Gasteiger partial charge in [-0.25, -0.2) is 0 Å². The lowest BCUT2D eigenvalue weighted by Crippen LogP contribution is -2.16. The topological polar surface area (TPSA) is 27.1 Å². The second kappa shape index (κ2) is 3.91. The van der Waals surface area contributed by atoms with E-state index >= 15 is 0 Å². The Morgan fingerprint density at radius 2 is 2.00 bits per heavy atom. The summed E-state index contributed by atoms with van der Waals surface area (Å²) in [5.41, 5.74) is 2.56. The molecule has 1 aliphatic heterocycles. The molecule has 1 aromatic heterocycles. The van der Waals surface area contributed by atoms with Gasteiger partial charge in [0, 0.05) is 5.56 Å². The van der Waals surface area contributed by atoms with Crippen molar-refractivity contribution in [1.82, 2.24) is 9.78 Å². The molecule has 15 heavy (non-hydrogen) atoms. The van der Waals surface area contributed by atoms with Crippen LogP contribution in [0.2, 0.25) is 0 Å². The highest BCUT2D eigenvalue weighted by molar-refractivity contribution is 9.10. The van der Waals surface area contributed by atoms with Crippen molar-refractivity contribution in [3.05, 3.63) is 15.9 Å². The van der Waals surface area contributed by atoms with Crippen molar-refractivity contribution in [3.8, 4) is 0 Å². The van der Waals surface area contributed by atoms with Gasteiger partial charge in [-0.1, -0.05) is 19.3 Å². The Kier molecular flexibility index (Phi) is 2.56. The minimum atomic E-state index is 0.612. The van der Waals surface area contributed by atoms with Crippen molar-refractivity contribution in [3.63, 3.8) is 0 Å². The summed E-state index contributed by atoms with van der Waals surface area (Å²) in [6, 6.07) is 0.612. The molecular weight excluding hydrogens is 256 g/mol. The number of hydrogen-bond donors (Lipinski definition) is 0. The van der Waals surface area contributed by atoms with Crippen molar-refractivity contribution < 1.29 is 4.74 Å². The van der Waals surface area contributed by atoms with E-state index < -0.39 is 0 Å². The Morgan fingerprint density at radius 1 is 1.20 bits per heavy atom. The molecule has 0 radical (unpaired) electrons. The minimum absolute atomic E-state index is 0.612. The van der Waals surface area contributed by atoms with Crippen molar-refractivity contribution in [2.45, 2.75) is 51.4 Å². The average molecular weight is 271 g/mol. The van der Waals surface area contributed by atoms with Crippen molar-refractivity contribution in [2.75, 3.05) is 0 Å². The average Bonchev–Trinajstić information content (AvgIpc) is 2.84. The number of ether oxygens (including phenoxy) is 1.